The molecule has 0 saturated carbocycles. The van der Waals surface area contributed by atoms with Crippen molar-refractivity contribution in [1.82, 2.24) is 0 Å². The fourth-order valence-electron chi connectivity index (χ4n) is 1.62. The van der Waals surface area contributed by atoms with Crippen LogP contribution in [0.3, 0.4) is 0 Å². The summed E-state index contributed by atoms with van der Waals surface area (Å²) in [6.07, 6.45) is -0.0374. The van der Waals surface area contributed by atoms with Gasteiger partial charge in [0.05, 0.1) is 24.8 Å². The van der Waals surface area contributed by atoms with Crippen LogP contribution in [0, 0.1) is 5.92 Å². The van der Waals surface area contributed by atoms with E-state index in [1.54, 1.807) is 7.11 Å². The second-order valence-electron chi connectivity index (χ2n) is 5.05. The maximum atomic E-state index is 11.9. The average molecular weight is 280 g/mol. The summed E-state index contributed by atoms with van der Waals surface area (Å²) in [5.41, 5.74) is 6.18. The van der Waals surface area contributed by atoms with Gasteiger partial charge in [-0.2, -0.15) is 0 Å². The molecule has 0 spiro atoms. The van der Waals surface area contributed by atoms with Crippen LogP contribution in [0.4, 0.5) is 5.69 Å². The van der Waals surface area contributed by atoms with Crippen molar-refractivity contribution in [1.29, 1.82) is 0 Å². The van der Waals surface area contributed by atoms with Crippen molar-refractivity contribution in [3.05, 3.63) is 24.3 Å². The number of nitrogens with two attached hydrogens (primary N) is 1. The fourth-order valence-corrected chi connectivity index (χ4v) is 1.62. The van der Waals surface area contributed by atoms with Crippen LogP contribution in [0.1, 0.15) is 20.3 Å². The molecule has 0 fully saturated rings. The van der Waals surface area contributed by atoms with Gasteiger partial charge in [-0.1, -0.05) is 26.0 Å². The standard InChI is InChI=1S/C15H24N2O3/c1-11(2)10-20-14-7-5-4-6-13(14)17-15(18)8-12(9-16)19-3/h4-7,11-12H,8-10,16H2,1-3H3,(H,17,18). The smallest absolute Gasteiger partial charge is 0.227 e. The Morgan fingerprint density at radius 2 is 2.05 bits per heavy atom. The van der Waals surface area contributed by atoms with Crippen molar-refractivity contribution >= 4 is 11.6 Å². The van der Waals surface area contributed by atoms with Crippen LogP contribution in [0.2, 0.25) is 0 Å². The summed E-state index contributed by atoms with van der Waals surface area (Å²) in [6.45, 7) is 5.07. The SMILES string of the molecule is COC(CN)CC(=O)Nc1ccccc1OCC(C)C. The molecule has 1 aromatic carbocycles. The molecule has 112 valence electrons. The Hall–Kier alpha value is -1.59. The number of benzene rings is 1. The Morgan fingerprint density at radius 3 is 2.65 bits per heavy atom. The van der Waals surface area contributed by atoms with Crippen LogP contribution in [0.25, 0.3) is 0 Å². The largest absolute Gasteiger partial charge is 0.491 e. The average Bonchev–Trinajstić information content (AvgIpc) is 2.43. The highest BCUT2D eigenvalue weighted by Gasteiger charge is 2.13. The maximum absolute atomic E-state index is 11.9. The normalized spacial score (nSPS) is 12.2. The monoisotopic (exact) mass is 280 g/mol. The summed E-state index contributed by atoms with van der Waals surface area (Å²) in [5, 5.41) is 2.83. The molecule has 0 heterocycles. The van der Waals surface area contributed by atoms with E-state index in [-0.39, 0.29) is 18.4 Å². The van der Waals surface area contributed by atoms with E-state index < -0.39 is 0 Å². The summed E-state index contributed by atoms with van der Waals surface area (Å²) >= 11 is 0. The van der Waals surface area contributed by atoms with Gasteiger partial charge >= 0.3 is 0 Å². The van der Waals surface area contributed by atoms with Crippen LogP contribution < -0.4 is 15.8 Å². The van der Waals surface area contributed by atoms with Crippen LogP contribution in [-0.2, 0) is 9.53 Å². The molecule has 0 aliphatic heterocycles. The second kappa shape index (κ2) is 8.55. The third kappa shape index (κ3) is 5.59. The molecule has 0 aromatic heterocycles. The van der Waals surface area contributed by atoms with Crippen molar-refractivity contribution in [3.63, 3.8) is 0 Å². The number of anilines is 1. The highest BCUT2D eigenvalue weighted by molar-refractivity contribution is 5.92. The van der Waals surface area contributed by atoms with Crippen molar-refractivity contribution in [3.8, 4) is 5.75 Å². The molecule has 1 unspecified atom stereocenters. The molecule has 0 saturated heterocycles. The summed E-state index contributed by atoms with van der Waals surface area (Å²) in [7, 11) is 1.55. The van der Waals surface area contributed by atoms with E-state index in [1.165, 1.54) is 0 Å². The topological polar surface area (TPSA) is 73.6 Å². The molecule has 0 radical (unpaired) electrons. The molecule has 5 heteroatoms. The summed E-state index contributed by atoms with van der Waals surface area (Å²) in [5.74, 6) is 0.966. The van der Waals surface area contributed by atoms with Crippen molar-refractivity contribution in [2.75, 3.05) is 25.6 Å². The Bertz CT molecular complexity index is 417. The number of nitrogens with one attached hydrogen (secondary N) is 1. The molecule has 0 bridgehead atoms. The molecule has 1 atom stereocenters. The predicted molar refractivity (Wildman–Crippen MR) is 79.9 cm³/mol. The van der Waals surface area contributed by atoms with Crippen LogP contribution in [0.5, 0.6) is 5.75 Å². The first-order chi connectivity index (χ1) is 9.56. The number of rotatable bonds is 8. The van der Waals surface area contributed by atoms with E-state index in [0.29, 0.717) is 30.5 Å². The molecular weight excluding hydrogens is 256 g/mol. The van der Waals surface area contributed by atoms with Gasteiger partial charge in [0.2, 0.25) is 5.91 Å². The minimum Gasteiger partial charge on any atom is -0.491 e. The minimum atomic E-state index is -0.265. The summed E-state index contributed by atoms with van der Waals surface area (Å²) < 4.78 is 10.8. The van der Waals surface area contributed by atoms with Crippen LogP contribution in [-0.4, -0.2) is 32.3 Å². The van der Waals surface area contributed by atoms with E-state index in [1.807, 2.05) is 24.3 Å². The zero-order valence-corrected chi connectivity index (χ0v) is 12.4. The Kier molecular flexibility index (Phi) is 7.04. The first kappa shape index (κ1) is 16.5. The van der Waals surface area contributed by atoms with Crippen LogP contribution >= 0.6 is 0 Å². The number of hydrogen-bond donors (Lipinski definition) is 2. The van der Waals surface area contributed by atoms with Gasteiger partial charge in [0, 0.05) is 13.7 Å². The van der Waals surface area contributed by atoms with Crippen molar-refractivity contribution < 1.29 is 14.3 Å². The molecule has 1 rings (SSSR count). The highest BCUT2D eigenvalue weighted by atomic mass is 16.5. The van der Waals surface area contributed by atoms with Crippen LogP contribution in [0.15, 0.2) is 24.3 Å². The van der Waals surface area contributed by atoms with Gasteiger partial charge in [-0.3, -0.25) is 4.79 Å². The second-order valence-corrected chi connectivity index (χ2v) is 5.05. The van der Waals surface area contributed by atoms with E-state index >= 15 is 0 Å². The molecule has 5 nitrogen and oxygen atoms in total. The first-order valence-corrected chi connectivity index (χ1v) is 6.81. The quantitative estimate of drug-likeness (QED) is 0.764. The zero-order chi connectivity index (χ0) is 15.0. The van der Waals surface area contributed by atoms with E-state index in [4.69, 9.17) is 15.2 Å². The lowest BCUT2D eigenvalue weighted by Crippen LogP contribution is -2.28. The maximum Gasteiger partial charge on any atom is 0.227 e. The lowest BCUT2D eigenvalue weighted by Gasteiger charge is -2.15. The Balaban J connectivity index is 2.64. The molecule has 1 aromatic rings. The number of carbonyl (C=O) groups excluding carboxylic acids is 1. The molecular formula is C15H24N2O3. The number of carbonyl (C=O) groups is 1. The summed E-state index contributed by atoms with van der Waals surface area (Å²) in [6, 6.07) is 7.39. The van der Waals surface area contributed by atoms with Gasteiger partial charge in [0.1, 0.15) is 5.75 Å². The van der Waals surface area contributed by atoms with Gasteiger partial charge in [-0.15, -0.1) is 0 Å². The van der Waals surface area contributed by atoms with E-state index in [0.717, 1.165) is 0 Å². The Morgan fingerprint density at radius 1 is 1.35 bits per heavy atom. The number of para-hydroxylation sites is 2. The first-order valence-electron chi connectivity index (χ1n) is 6.81. The van der Waals surface area contributed by atoms with E-state index in [9.17, 15) is 4.79 Å². The van der Waals surface area contributed by atoms with Gasteiger partial charge in [-0.25, -0.2) is 0 Å². The van der Waals surface area contributed by atoms with E-state index in [2.05, 4.69) is 19.2 Å². The summed E-state index contributed by atoms with van der Waals surface area (Å²) in [4.78, 5) is 11.9. The van der Waals surface area contributed by atoms with Crippen molar-refractivity contribution in [2.45, 2.75) is 26.4 Å². The van der Waals surface area contributed by atoms with Gasteiger partial charge in [-0.05, 0) is 18.1 Å². The van der Waals surface area contributed by atoms with Crippen molar-refractivity contribution in [2.24, 2.45) is 11.7 Å². The molecule has 1 amide bonds. The molecule has 20 heavy (non-hydrogen) atoms. The molecule has 0 aliphatic carbocycles. The third-order valence-electron chi connectivity index (χ3n) is 2.74. The van der Waals surface area contributed by atoms with Gasteiger partial charge < -0.3 is 20.5 Å². The van der Waals surface area contributed by atoms with Gasteiger partial charge in [0.15, 0.2) is 0 Å². The predicted octanol–water partition coefficient (Wildman–Crippen LogP) is 2.02. The van der Waals surface area contributed by atoms with Gasteiger partial charge in [0.25, 0.3) is 0 Å². The number of ether oxygens (including phenoxy) is 2. The Labute approximate surface area is 120 Å². The lowest BCUT2D eigenvalue weighted by atomic mass is 10.2. The lowest BCUT2D eigenvalue weighted by molar-refractivity contribution is -0.118. The third-order valence-corrected chi connectivity index (χ3v) is 2.74. The number of methoxy groups -OCH3 is 1. The zero-order valence-electron chi connectivity index (χ0n) is 12.4. The molecule has 0 aliphatic rings. The number of amides is 1. The molecule has 3 N–H and O–H groups in total. The fraction of sp³-hybridized carbons (Fsp3) is 0.533. The highest BCUT2D eigenvalue weighted by Crippen LogP contribution is 2.24. The minimum absolute atomic E-state index is 0.136. The number of hydrogen-bond acceptors (Lipinski definition) is 4.